The number of carbonyl (C=O) groups is 1. The van der Waals surface area contributed by atoms with Crippen LogP contribution in [0, 0.1) is 29.5 Å². The second-order valence-corrected chi connectivity index (χ2v) is 8.91. The molecular formula is C22H29FN2O3. The molecular weight excluding hydrogens is 359 g/mol. The van der Waals surface area contributed by atoms with Gasteiger partial charge in [-0.1, -0.05) is 0 Å². The molecule has 0 unspecified atom stereocenters. The van der Waals surface area contributed by atoms with Crippen molar-refractivity contribution in [1.29, 1.82) is 0 Å². The quantitative estimate of drug-likeness (QED) is 0.843. The Hall–Kier alpha value is -1.66. The van der Waals surface area contributed by atoms with E-state index >= 15 is 0 Å². The molecule has 3 fully saturated rings. The van der Waals surface area contributed by atoms with Crippen LogP contribution >= 0.6 is 0 Å². The predicted molar refractivity (Wildman–Crippen MR) is 102 cm³/mol. The number of benzene rings is 1. The van der Waals surface area contributed by atoms with Crippen molar-refractivity contribution in [1.82, 2.24) is 10.2 Å². The van der Waals surface area contributed by atoms with Gasteiger partial charge in [-0.05, 0) is 55.7 Å². The standard InChI is InChI=1S/C22H29FN2O3/c23-16-3-4-20-17(9-16)21-19(13-28-20)18(12-25(21)11-15-1-2-15)22(26)24-10-14-5-7-27-8-6-14/h3-4,9,14-15,18-19,21H,1-2,5-8,10-13H2,(H,24,26)/t18-,19+,21+/m1/s1. The van der Waals surface area contributed by atoms with Gasteiger partial charge >= 0.3 is 0 Å². The summed E-state index contributed by atoms with van der Waals surface area (Å²) in [7, 11) is 0. The average molecular weight is 388 g/mol. The molecule has 0 aromatic heterocycles. The molecule has 1 saturated carbocycles. The van der Waals surface area contributed by atoms with E-state index in [1.165, 1.54) is 18.9 Å². The largest absolute Gasteiger partial charge is 0.493 e. The Morgan fingerprint density at radius 3 is 2.79 bits per heavy atom. The average Bonchev–Trinajstić information content (AvgIpc) is 3.45. The second-order valence-electron chi connectivity index (χ2n) is 8.91. The molecule has 2 saturated heterocycles. The van der Waals surface area contributed by atoms with E-state index < -0.39 is 0 Å². The van der Waals surface area contributed by atoms with Crippen LogP contribution in [0.3, 0.4) is 0 Å². The lowest BCUT2D eigenvalue weighted by molar-refractivity contribution is -0.126. The van der Waals surface area contributed by atoms with Gasteiger partial charge in [0.1, 0.15) is 11.6 Å². The number of halogens is 1. The van der Waals surface area contributed by atoms with Crippen LogP contribution in [0.2, 0.25) is 0 Å². The van der Waals surface area contributed by atoms with Crippen molar-refractivity contribution in [3.63, 3.8) is 0 Å². The minimum absolute atomic E-state index is 0.0823. The van der Waals surface area contributed by atoms with Crippen LogP contribution in [-0.4, -0.2) is 50.3 Å². The summed E-state index contributed by atoms with van der Waals surface area (Å²) in [6, 6.07) is 4.87. The molecule has 0 bridgehead atoms. The summed E-state index contributed by atoms with van der Waals surface area (Å²) in [5.74, 6) is 1.89. The van der Waals surface area contributed by atoms with E-state index in [0.717, 1.165) is 62.9 Å². The van der Waals surface area contributed by atoms with E-state index in [9.17, 15) is 9.18 Å². The fraction of sp³-hybridized carbons (Fsp3) is 0.682. The number of hydrogen-bond acceptors (Lipinski definition) is 4. The van der Waals surface area contributed by atoms with Crippen molar-refractivity contribution in [2.75, 3.05) is 39.5 Å². The van der Waals surface area contributed by atoms with E-state index in [1.54, 1.807) is 12.1 Å². The predicted octanol–water partition coefficient (Wildman–Crippen LogP) is 2.76. The summed E-state index contributed by atoms with van der Waals surface area (Å²) in [5, 5.41) is 3.20. The molecule has 1 aromatic rings. The molecule has 28 heavy (non-hydrogen) atoms. The zero-order valence-electron chi connectivity index (χ0n) is 16.2. The van der Waals surface area contributed by atoms with Gasteiger partial charge in [-0.15, -0.1) is 0 Å². The molecule has 3 heterocycles. The fourth-order valence-electron chi connectivity index (χ4n) is 5.12. The number of ether oxygens (including phenoxy) is 2. The van der Waals surface area contributed by atoms with Gasteiger partial charge in [-0.3, -0.25) is 9.69 Å². The Balaban J connectivity index is 1.33. The van der Waals surface area contributed by atoms with Crippen molar-refractivity contribution in [3.8, 4) is 5.75 Å². The van der Waals surface area contributed by atoms with Crippen molar-refractivity contribution in [2.45, 2.75) is 31.7 Å². The molecule has 5 rings (SSSR count). The maximum Gasteiger partial charge on any atom is 0.224 e. The van der Waals surface area contributed by atoms with Crippen LogP contribution < -0.4 is 10.1 Å². The van der Waals surface area contributed by atoms with Crippen LogP contribution in [0.1, 0.15) is 37.3 Å². The molecule has 4 aliphatic rings. The van der Waals surface area contributed by atoms with E-state index in [4.69, 9.17) is 9.47 Å². The van der Waals surface area contributed by atoms with E-state index in [2.05, 4.69) is 10.2 Å². The number of carbonyl (C=O) groups excluding carboxylic acids is 1. The Morgan fingerprint density at radius 1 is 1.18 bits per heavy atom. The maximum atomic E-state index is 14.0. The molecule has 1 aliphatic carbocycles. The molecule has 3 atom stereocenters. The van der Waals surface area contributed by atoms with Gasteiger partial charge in [0, 0.05) is 50.4 Å². The van der Waals surface area contributed by atoms with Crippen LogP contribution in [0.15, 0.2) is 18.2 Å². The monoisotopic (exact) mass is 388 g/mol. The number of nitrogens with zero attached hydrogens (tertiary/aromatic N) is 1. The molecule has 1 N–H and O–H groups in total. The molecule has 152 valence electrons. The maximum absolute atomic E-state index is 14.0. The highest BCUT2D eigenvalue weighted by atomic mass is 19.1. The summed E-state index contributed by atoms with van der Waals surface area (Å²) in [6.07, 6.45) is 4.56. The number of likely N-dealkylation sites (tertiary alicyclic amines) is 1. The van der Waals surface area contributed by atoms with E-state index in [0.29, 0.717) is 12.5 Å². The first-order valence-electron chi connectivity index (χ1n) is 10.7. The molecule has 1 aromatic carbocycles. The summed E-state index contributed by atoms with van der Waals surface area (Å²) in [5.41, 5.74) is 0.914. The van der Waals surface area contributed by atoms with Gasteiger partial charge in [0.15, 0.2) is 0 Å². The lowest BCUT2D eigenvalue weighted by Crippen LogP contribution is -2.40. The SMILES string of the molecule is O=C(NCC1CCOCC1)[C@@H]1CN(CC2CC2)[C@H]2c3cc(F)ccc3OC[C@@H]12. The van der Waals surface area contributed by atoms with Gasteiger partial charge in [0.05, 0.1) is 12.5 Å². The third-order valence-electron chi connectivity index (χ3n) is 6.90. The summed E-state index contributed by atoms with van der Waals surface area (Å²) in [4.78, 5) is 15.5. The van der Waals surface area contributed by atoms with Gasteiger partial charge < -0.3 is 14.8 Å². The number of fused-ring (bicyclic) bond motifs is 3. The lowest BCUT2D eigenvalue weighted by atomic mass is 9.84. The fourth-order valence-corrected chi connectivity index (χ4v) is 5.12. The highest BCUT2D eigenvalue weighted by Crippen LogP contribution is 2.49. The van der Waals surface area contributed by atoms with Crippen LogP contribution in [0.25, 0.3) is 0 Å². The van der Waals surface area contributed by atoms with Gasteiger partial charge in [0.25, 0.3) is 0 Å². The molecule has 3 aliphatic heterocycles. The highest BCUT2D eigenvalue weighted by Gasteiger charge is 2.50. The number of hydrogen-bond donors (Lipinski definition) is 1. The van der Waals surface area contributed by atoms with E-state index in [1.807, 2.05) is 0 Å². The number of nitrogens with one attached hydrogen (secondary N) is 1. The zero-order chi connectivity index (χ0) is 19.1. The first kappa shape index (κ1) is 18.4. The van der Waals surface area contributed by atoms with Crippen LogP contribution in [-0.2, 0) is 9.53 Å². The van der Waals surface area contributed by atoms with Crippen LogP contribution in [0.4, 0.5) is 4.39 Å². The normalized spacial score (nSPS) is 30.4. The minimum atomic E-state index is -0.234. The topological polar surface area (TPSA) is 50.8 Å². The van der Waals surface area contributed by atoms with Crippen molar-refractivity contribution >= 4 is 5.91 Å². The Morgan fingerprint density at radius 2 is 2.00 bits per heavy atom. The smallest absolute Gasteiger partial charge is 0.224 e. The second kappa shape index (κ2) is 7.64. The lowest BCUT2D eigenvalue weighted by Gasteiger charge is -2.34. The molecule has 0 spiro atoms. The van der Waals surface area contributed by atoms with Gasteiger partial charge in [-0.2, -0.15) is 0 Å². The minimum Gasteiger partial charge on any atom is -0.493 e. The summed E-state index contributed by atoms with van der Waals surface area (Å²) < 4.78 is 25.3. The van der Waals surface area contributed by atoms with Crippen molar-refractivity contribution in [2.24, 2.45) is 23.7 Å². The van der Waals surface area contributed by atoms with E-state index in [-0.39, 0.29) is 29.6 Å². The Labute approximate surface area is 165 Å². The van der Waals surface area contributed by atoms with Crippen molar-refractivity contribution in [3.05, 3.63) is 29.6 Å². The molecule has 6 heteroatoms. The summed E-state index contributed by atoms with van der Waals surface area (Å²) >= 11 is 0. The zero-order valence-corrected chi connectivity index (χ0v) is 16.2. The third-order valence-corrected chi connectivity index (χ3v) is 6.90. The highest BCUT2D eigenvalue weighted by molar-refractivity contribution is 5.80. The van der Waals surface area contributed by atoms with Gasteiger partial charge in [-0.25, -0.2) is 4.39 Å². The Bertz CT molecular complexity index is 732. The van der Waals surface area contributed by atoms with Crippen LogP contribution in [0.5, 0.6) is 5.75 Å². The molecule has 5 nitrogen and oxygen atoms in total. The first-order chi connectivity index (χ1) is 13.7. The number of amides is 1. The molecule has 1 amide bonds. The number of rotatable bonds is 5. The van der Waals surface area contributed by atoms with Crippen molar-refractivity contribution < 1.29 is 18.7 Å². The summed E-state index contributed by atoms with van der Waals surface area (Å²) in [6.45, 7) is 4.58. The van der Waals surface area contributed by atoms with Gasteiger partial charge in [0.2, 0.25) is 5.91 Å². The third kappa shape index (κ3) is 3.64. The Kier molecular flexibility index (Phi) is 5.01. The molecule has 0 radical (unpaired) electrons. The first-order valence-corrected chi connectivity index (χ1v) is 10.7.